The molecule has 0 fully saturated rings. The van der Waals surface area contributed by atoms with E-state index in [0.29, 0.717) is 0 Å². The van der Waals surface area contributed by atoms with Crippen LogP contribution in [0.4, 0.5) is 0 Å². The zero-order valence-corrected chi connectivity index (χ0v) is 22.5. The van der Waals surface area contributed by atoms with Crippen LogP contribution in [0.25, 0.3) is 83.2 Å². The molecular weight excluding hydrogens is 514 g/mol. The van der Waals surface area contributed by atoms with Crippen LogP contribution < -0.4 is 0 Å². The van der Waals surface area contributed by atoms with E-state index in [1.165, 1.54) is 0 Å². The largest absolute Gasteiger partial charge is 0.456 e. The zero-order chi connectivity index (χ0) is 27.6. The number of furan rings is 1. The van der Waals surface area contributed by atoms with Crippen LogP contribution in [0, 0.1) is 0 Å². The minimum Gasteiger partial charge on any atom is -0.456 e. The highest BCUT2D eigenvalue weighted by Gasteiger charge is 2.18. The predicted octanol–water partition coefficient (Wildman–Crippen LogP) is 9.94. The molecular formula is C38H23N3O. The van der Waals surface area contributed by atoms with Crippen molar-refractivity contribution >= 4 is 49.3 Å². The van der Waals surface area contributed by atoms with Gasteiger partial charge in [0.25, 0.3) is 0 Å². The minimum absolute atomic E-state index is 0.860. The summed E-state index contributed by atoms with van der Waals surface area (Å²) in [6.07, 6.45) is 0. The molecule has 0 radical (unpaired) electrons. The van der Waals surface area contributed by atoms with Crippen molar-refractivity contribution in [2.24, 2.45) is 0 Å². The number of nitrogens with zero attached hydrogens (tertiary/aromatic N) is 3. The summed E-state index contributed by atoms with van der Waals surface area (Å²) in [4.78, 5) is 10.3. The molecule has 0 saturated heterocycles. The highest BCUT2D eigenvalue weighted by atomic mass is 16.3. The Morgan fingerprint density at radius 2 is 1.24 bits per heavy atom. The van der Waals surface area contributed by atoms with Gasteiger partial charge in [0.1, 0.15) is 22.7 Å². The first-order valence-corrected chi connectivity index (χ1v) is 14.1. The fraction of sp³-hybridized carbons (Fsp3) is 0. The van der Waals surface area contributed by atoms with Crippen molar-refractivity contribution in [3.05, 3.63) is 140 Å². The lowest BCUT2D eigenvalue weighted by atomic mass is 10.0. The van der Waals surface area contributed by atoms with Crippen molar-refractivity contribution in [2.45, 2.75) is 0 Å². The first-order chi connectivity index (χ1) is 20.8. The van der Waals surface area contributed by atoms with Gasteiger partial charge >= 0.3 is 0 Å². The van der Waals surface area contributed by atoms with E-state index in [4.69, 9.17) is 14.4 Å². The fourth-order valence-electron chi connectivity index (χ4n) is 6.15. The van der Waals surface area contributed by atoms with Gasteiger partial charge in [-0.15, -0.1) is 0 Å². The van der Waals surface area contributed by atoms with Crippen molar-refractivity contribution in [2.75, 3.05) is 0 Å². The van der Waals surface area contributed by atoms with E-state index >= 15 is 0 Å². The van der Waals surface area contributed by atoms with Crippen LogP contribution in [0.5, 0.6) is 0 Å². The Labute approximate surface area is 241 Å². The van der Waals surface area contributed by atoms with Crippen molar-refractivity contribution in [3.63, 3.8) is 0 Å². The Balaban J connectivity index is 1.25. The third kappa shape index (κ3) is 3.49. The van der Waals surface area contributed by atoms with Crippen LogP contribution in [0.1, 0.15) is 0 Å². The zero-order valence-electron chi connectivity index (χ0n) is 22.5. The number of fused-ring (bicyclic) bond motifs is 7. The summed E-state index contributed by atoms with van der Waals surface area (Å²) in [5.74, 6) is 0.887. The fourth-order valence-corrected chi connectivity index (χ4v) is 6.15. The van der Waals surface area contributed by atoms with Gasteiger partial charge < -0.3 is 4.42 Å². The number of hydrogen-bond acceptors (Lipinski definition) is 3. The van der Waals surface area contributed by atoms with Crippen LogP contribution in [0.15, 0.2) is 144 Å². The van der Waals surface area contributed by atoms with E-state index < -0.39 is 0 Å². The molecule has 4 aromatic heterocycles. The van der Waals surface area contributed by atoms with Gasteiger partial charge in [-0.05, 0) is 65.0 Å². The Kier molecular flexibility index (Phi) is 4.87. The van der Waals surface area contributed by atoms with Gasteiger partial charge in [0, 0.05) is 21.7 Å². The predicted molar refractivity (Wildman–Crippen MR) is 172 cm³/mol. The number of pyridine rings is 2. The molecule has 196 valence electrons. The molecule has 0 aliphatic carbocycles. The molecule has 0 spiro atoms. The SMILES string of the molecule is c1cc(-c2ccc3c(c2)oc2ccccc23)cc(-c2nc(-c3ccc4ccccc4n3)c3ccc4ccccc4n23)c1. The molecule has 5 aromatic carbocycles. The van der Waals surface area contributed by atoms with Gasteiger partial charge in [-0.25, -0.2) is 9.97 Å². The number of aromatic nitrogens is 3. The van der Waals surface area contributed by atoms with E-state index in [2.05, 4.69) is 120 Å². The molecule has 9 aromatic rings. The minimum atomic E-state index is 0.860. The Hall–Kier alpha value is -5.74. The molecule has 0 unspecified atom stereocenters. The molecule has 0 bridgehead atoms. The first-order valence-electron chi connectivity index (χ1n) is 14.1. The summed E-state index contributed by atoms with van der Waals surface area (Å²) in [7, 11) is 0. The second-order valence-corrected chi connectivity index (χ2v) is 10.7. The van der Waals surface area contributed by atoms with Crippen molar-refractivity contribution in [1.29, 1.82) is 0 Å². The lowest BCUT2D eigenvalue weighted by Crippen LogP contribution is -1.92. The number of benzene rings is 5. The van der Waals surface area contributed by atoms with Crippen LogP contribution in [-0.4, -0.2) is 14.4 Å². The summed E-state index contributed by atoms with van der Waals surface area (Å²) in [5.41, 5.74) is 9.87. The van der Waals surface area contributed by atoms with Gasteiger partial charge in [-0.3, -0.25) is 4.40 Å². The van der Waals surface area contributed by atoms with Gasteiger partial charge in [0.15, 0.2) is 0 Å². The number of imidazole rings is 1. The van der Waals surface area contributed by atoms with E-state index in [-0.39, 0.29) is 0 Å². The van der Waals surface area contributed by atoms with E-state index in [0.717, 1.165) is 83.2 Å². The van der Waals surface area contributed by atoms with E-state index in [1.807, 2.05) is 24.3 Å². The second-order valence-electron chi connectivity index (χ2n) is 10.7. The van der Waals surface area contributed by atoms with Crippen LogP contribution in [-0.2, 0) is 0 Å². The maximum absolute atomic E-state index is 6.19. The van der Waals surface area contributed by atoms with Crippen molar-refractivity contribution in [1.82, 2.24) is 14.4 Å². The lowest BCUT2D eigenvalue weighted by molar-refractivity contribution is 0.669. The maximum atomic E-state index is 6.19. The second kappa shape index (κ2) is 8.88. The summed E-state index contributed by atoms with van der Waals surface area (Å²) in [6, 6.07) is 48.4. The normalized spacial score (nSPS) is 11.8. The molecule has 0 N–H and O–H groups in total. The molecule has 4 heterocycles. The molecule has 42 heavy (non-hydrogen) atoms. The maximum Gasteiger partial charge on any atom is 0.145 e. The number of rotatable bonds is 3. The summed E-state index contributed by atoms with van der Waals surface area (Å²) < 4.78 is 8.46. The Morgan fingerprint density at radius 3 is 2.21 bits per heavy atom. The van der Waals surface area contributed by atoms with Gasteiger partial charge in [0.2, 0.25) is 0 Å². The summed E-state index contributed by atoms with van der Waals surface area (Å²) in [5, 5.41) is 4.54. The van der Waals surface area contributed by atoms with E-state index in [9.17, 15) is 0 Å². The van der Waals surface area contributed by atoms with Crippen molar-refractivity contribution in [3.8, 4) is 33.9 Å². The van der Waals surface area contributed by atoms with E-state index in [1.54, 1.807) is 0 Å². The summed E-state index contributed by atoms with van der Waals surface area (Å²) in [6.45, 7) is 0. The van der Waals surface area contributed by atoms with Gasteiger partial charge in [-0.2, -0.15) is 0 Å². The lowest BCUT2D eigenvalue weighted by Gasteiger charge is -2.08. The van der Waals surface area contributed by atoms with Crippen LogP contribution >= 0.6 is 0 Å². The van der Waals surface area contributed by atoms with Gasteiger partial charge in [0.05, 0.1) is 22.2 Å². The highest BCUT2D eigenvalue weighted by Crippen LogP contribution is 2.36. The molecule has 0 atom stereocenters. The standard InChI is InChI=1S/C38H23N3O/c1-4-13-31-24(8-1)17-20-32(39-31)37-34-21-18-25-9-2-5-14-33(25)41(34)38(40-37)28-11-7-10-26(22-28)27-16-19-30-29-12-3-6-15-35(29)42-36(30)23-27/h1-23H. The summed E-state index contributed by atoms with van der Waals surface area (Å²) >= 11 is 0. The molecule has 0 aliphatic heterocycles. The molecule has 0 amide bonds. The van der Waals surface area contributed by atoms with Crippen LogP contribution in [0.2, 0.25) is 0 Å². The highest BCUT2D eigenvalue weighted by molar-refractivity contribution is 6.06. The molecule has 4 heteroatoms. The van der Waals surface area contributed by atoms with Crippen molar-refractivity contribution < 1.29 is 4.42 Å². The third-order valence-corrected chi connectivity index (χ3v) is 8.19. The van der Waals surface area contributed by atoms with Crippen LogP contribution in [0.3, 0.4) is 0 Å². The topological polar surface area (TPSA) is 43.3 Å². The molecule has 0 saturated carbocycles. The molecule has 0 aliphatic rings. The third-order valence-electron chi connectivity index (χ3n) is 8.19. The Bertz CT molecular complexity index is 2480. The first kappa shape index (κ1) is 23.0. The average Bonchev–Trinajstić information content (AvgIpc) is 3.63. The Morgan fingerprint density at radius 1 is 0.476 bits per heavy atom. The molecule has 9 rings (SSSR count). The smallest absolute Gasteiger partial charge is 0.145 e. The number of para-hydroxylation sites is 3. The average molecular weight is 538 g/mol. The monoisotopic (exact) mass is 537 g/mol. The quantitative estimate of drug-likeness (QED) is 0.225. The molecule has 4 nitrogen and oxygen atoms in total. The number of hydrogen-bond donors (Lipinski definition) is 0. The van der Waals surface area contributed by atoms with Gasteiger partial charge in [-0.1, -0.05) is 91.0 Å².